The third kappa shape index (κ3) is 4.55. The molecule has 1 heterocycles. The zero-order valence-electron chi connectivity index (χ0n) is 11.6. The van der Waals surface area contributed by atoms with Crippen LogP contribution in [0, 0.1) is 0 Å². The summed E-state index contributed by atoms with van der Waals surface area (Å²) in [6.07, 6.45) is 1.49. The zero-order valence-corrected chi connectivity index (χ0v) is 12.4. The fourth-order valence-electron chi connectivity index (χ4n) is 1.39. The fourth-order valence-corrected chi connectivity index (χ4v) is 2.56. The Hall–Kier alpha value is -0.660. The van der Waals surface area contributed by atoms with E-state index in [4.69, 9.17) is 0 Å². The summed E-state index contributed by atoms with van der Waals surface area (Å²) in [5, 5.41) is 22.7. The van der Waals surface area contributed by atoms with E-state index in [2.05, 4.69) is 20.4 Å². The normalized spacial score (nSPS) is 12.3. The molecule has 0 aliphatic carbocycles. The number of rotatable bonds is 8. The van der Waals surface area contributed by atoms with Gasteiger partial charge < -0.3 is 10.0 Å². The molecule has 0 aliphatic rings. The molecule has 1 N–H and O–H groups in total. The van der Waals surface area contributed by atoms with E-state index in [9.17, 15) is 5.11 Å². The van der Waals surface area contributed by atoms with E-state index in [0.717, 1.165) is 31.1 Å². The zero-order chi connectivity index (χ0) is 13.6. The van der Waals surface area contributed by atoms with E-state index in [1.165, 1.54) is 11.8 Å². The summed E-state index contributed by atoms with van der Waals surface area (Å²) in [5.74, 6) is 0.627. The van der Waals surface area contributed by atoms with Gasteiger partial charge in [0.2, 0.25) is 5.16 Å². The minimum absolute atomic E-state index is 0.622. The van der Waals surface area contributed by atoms with Crippen LogP contribution in [0.5, 0.6) is 0 Å². The summed E-state index contributed by atoms with van der Waals surface area (Å²) in [7, 11) is 4.04. The summed E-state index contributed by atoms with van der Waals surface area (Å²) >= 11 is 1.52. The number of thioether (sulfide) groups is 1. The molecule has 0 bridgehead atoms. The average molecular weight is 273 g/mol. The topological polar surface area (TPSA) is 67.1 Å². The summed E-state index contributed by atoms with van der Waals surface area (Å²) < 4.78 is 1.79. The van der Waals surface area contributed by atoms with Crippen LogP contribution in [0.25, 0.3) is 0 Å². The molecule has 0 unspecified atom stereocenters. The third-order valence-corrected chi connectivity index (χ3v) is 4.28. The lowest BCUT2D eigenvalue weighted by Crippen LogP contribution is -2.30. The molecule has 1 aromatic rings. The van der Waals surface area contributed by atoms with Crippen molar-refractivity contribution in [3.63, 3.8) is 0 Å². The maximum absolute atomic E-state index is 10.2. The molecular weight excluding hydrogens is 250 g/mol. The second-order valence-corrected chi connectivity index (χ2v) is 5.65. The summed E-state index contributed by atoms with van der Waals surface area (Å²) in [6, 6.07) is 0. The summed E-state index contributed by atoms with van der Waals surface area (Å²) in [6.45, 7) is 5.65. The second-order valence-electron chi connectivity index (χ2n) is 4.71. The smallest absolute Gasteiger partial charge is 0.209 e. The Morgan fingerprint density at radius 2 is 2.00 bits per heavy atom. The molecule has 104 valence electrons. The van der Waals surface area contributed by atoms with Crippen molar-refractivity contribution in [2.75, 3.05) is 26.4 Å². The van der Waals surface area contributed by atoms with Crippen molar-refractivity contribution in [2.24, 2.45) is 0 Å². The minimum atomic E-state index is -0.622. The maximum Gasteiger partial charge on any atom is 0.209 e. The van der Waals surface area contributed by atoms with Gasteiger partial charge in [0.1, 0.15) is 0 Å². The van der Waals surface area contributed by atoms with Crippen molar-refractivity contribution in [3.8, 4) is 0 Å². The molecule has 0 saturated carbocycles. The van der Waals surface area contributed by atoms with Gasteiger partial charge in [-0.05, 0) is 37.4 Å². The van der Waals surface area contributed by atoms with Crippen LogP contribution in [-0.2, 0) is 6.54 Å². The fraction of sp³-hybridized carbons (Fsp3) is 0.909. The van der Waals surface area contributed by atoms with Crippen molar-refractivity contribution in [1.82, 2.24) is 25.1 Å². The number of nitrogens with zero attached hydrogens (tertiary/aromatic N) is 5. The van der Waals surface area contributed by atoms with Crippen LogP contribution >= 0.6 is 11.8 Å². The molecule has 0 saturated heterocycles. The van der Waals surface area contributed by atoms with Gasteiger partial charge in [0.15, 0.2) is 0 Å². The molecule has 0 amide bonds. The number of aliphatic hydroxyl groups is 1. The van der Waals surface area contributed by atoms with Crippen molar-refractivity contribution in [1.29, 1.82) is 0 Å². The second kappa shape index (κ2) is 7.06. The Kier molecular flexibility index (Phi) is 6.04. The van der Waals surface area contributed by atoms with E-state index in [1.807, 2.05) is 27.9 Å². The molecule has 18 heavy (non-hydrogen) atoms. The van der Waals surface area contributed by atoms with Gasteiger partial charge in [0.05, 0.1) is 12.1 Å². The number of aromatic nitrogens is 4. The van der Waals surface area contributed by atoms with Crippen LogP contribution in [-0.4, -0.2) is 62.2 Å². The highest BCUT2D eigenvalue weighted by atomic mass is 32.2. The molecule has 0 atom stereocenters. The highest BCUT2D eigenvalue weighted by Crippen LogP contribution is 2.24. The van der Waals surface area contributed by atoms with E-state index in [1.54, 1.807) is 4.68 Å². The van der Waals surface area contributed by atoms with Crippen molar-refractivity contribution >= 4 is 11.8 Å². The Labute approximate surface area is 113 Å². The Morgan fingerprint density at radius 1 is 1.33 bits per heavy atom. The molecule has 0 spiro atoms. The predicted octanol–water partition coefficient (Wildman–Crippen LogP) is 0.878. The molecule has 1 aromatic heterocycles. The molecule has 0 aromatic carbocycles. The largest absolute Gasteiger partial charge is 0.389 e. The molecule has 0 fully saturated rings. The van der Waals surface area contributed by atoms with Gasteiger partial charge in [-0.15, -0.1) is 5.10 Å². The van der Waals surface area contributed by atoms with Gasteiger partial charge in [-0.25, -0.2) is 4.68 Å². The van der Waals surface area contributed by atoms with E-state index in [-0.39, 0.29) is 0 Å². The summed E-state index contributed by atoms with van der Waals surface area (Å²) in [5.41, 5.74) is -0.622. The van der Waals surface area contributed by atoms with Crippen molar-refractivity contribution in [3.05, 3.63) is 0 Å². The SMILES string of the molecule is CCC(O)(CC)CSc1nnnn1CCN(C)C. The van der Waals surface area contributed by atoms with Crippen LogP contribution < -0.4 is 0 Å². The van der Waals surface area contributed by atoms with Crippen molar-refractivity contribution in [2.45, 2.75) is 44.0 Å². The van der Waals surface area contributed by atoms with Crippen LogP contribution in [0.15, 0.2) is 5.16 Å². The van der Waals surface area contributed by atoms with E-state index < -0.39 is 5.60 Å². The molecule has 0 aliphatic heterocycles. The van der Waals surface area contributed by atoms with Crippen LogP contribution in [0.3, 0.4) is 0 Å². The highest BCUT2D eigenvalue weighted by molar-refractivity contribution is 7.99. The van der Waals surface area contributed by atoms with Crippen molar-refractivity contribution < 1.29 is 5.11 Å². The first kappa shape index (κ1) is 15.4. The van der Waals surface area contributed by atoms with E-state index >= 15 is 0 Å². The number of tetrazole rings is 1. The first-order chi connectivity index (χ1) is 8.50. The van der Waals surface area contributed by atoms with E-state index in [0.29, 0.717) is 5.75 Å². The van der Waals surface area contributed by atoms with Gasteiger partial charge >= 0.3 is 0 Å². The number of likely N-dealkylation sites (N-methyl/N-ethyl adjacent to an activating group) is 1. The minimum Gasteiger partial charge on any atom is -0.389 e. The standard InChI is InChI=1S/C11H23N5OS/c1-5-11(17,6-2)9-18-10-12-13-14-16(10)8-7-15(3)4/h17H,5-9H2,1-4H3. The Bertz CT molecular complexity index is 351. The lowest BCUT2D eigenvalue weighted by molar-refractivity contribution is 0.0571. The molecule has 6 nitrogen and oxygen atoms in total. The van der Waals surface area contributed by atoms with Gasteiger partial charge in [-0.3, -0.25) is 0 Å². The molecular formula is C11H23N5OS. The predicted molar refractivity (Wildman–Crippen MR) is 72.6 cm³/mol. The quantitative estimate of drug-likeness (QED) is 0.709. The monoisotopic (exact) mass is 273 g/mol. The van der Waals surface area contributed by atoms with Gasteiger partial charge in [-0.2, -0.15) is 0 Å². The van der Waals surface area contributed by atoms with Crippen LogP contribution in [0.1, 0.15) is 26.7 Å². The Balaban J connectivity index is 2.54. The maximum atomic E-state index is 10.2. The molecule has 1 rings (SSSR count). The first-order valence-corrected chi connectivity index (χ1v) is 7.25. The van der Waals surface area contributed by atoms with Gasteiger partial charge in [-0.1, -0.05) is 25.6 Å². The van der Waals surface area contributed by atoms with Gasteiger partial charge in [0, 0.05) is 12.3 Å². The Morgan fingerprint density at radius 3 is 2.56 bits per heavy atom. The third-order valence-electron chi connectivity index (χ3n) is 3.04. The first-order valence-electron chi connectivity index (χ1n) is 6.27. The number of hydrogen-bond donors (Lipinski definition) is 1. The lowest BCUT2D eigenvalue weighted by atomic mass is 10.0. The summed E-state index contributed by atoms with van der Waals surface area (Å²) in [4.78, 5) is 2.09. The highest BCUT2D eigenvalue weighted by Gasteiger charge is 2.23. The molecule has 0 radical (unpaired) electrons. The van der Waals surface area contributed by atoms with Crippen LogP contribution in [0.4, 0.5) is 0 Å². The van der Waals surface area contributed by atoms with Crippen LogP contribution in [0.2, 0.25) is 0 Å². The molecule has 7 heteroatoms. The van der Waals surface area contributed by atoms with Gasteiger partial charge in [0.25, 0.3) is 0 Å². The average Bonchev–Trinajstić information content (AvgIpc) is 2.81. The number of hydrogen-bond acceptors (Lipinski definition) is 6. The lowest BCUT2D eigenvalue weighted by Gasteiger charge is -2.24.